The molecule has 0 saturated heterocycles. The molecule has 0 bridgehead atoms. The summed E-state index contributed by atoms with van der Waals surface area (Å²) in [6.45, 7) is 3.71. The first-order chi connectivity index (χ1) is 17.9. The first-order valence-electron chi connectivity index (χ1n) is 12.2. The van der Waals surface area contributed by atoms with Crippen LogP contribution >= 0.6 is 0 Å². The number of benzene rings is 5. The molecule has 0 amide bonds. The summed E-state index contributed by atoms with van der Waals surface area (Å²) < 4.78 is 39.7. The maximum absolute atomic E-state index is 14.5. The van der Waals surface area contributed by atoms with Crippen molar-refractivity contribution in [3.8, 4) is 0 Å². The molecule has 0 atom stereocenters. The van der Waals surface area contributed by atoms with Gasteiger partial charge in [0.1, 0.15) is 0 Å². The molecule has 0 unspecified atom stereocenters. The van der Waals surface area contributed by atoms with Crippen LogP contribution in [0.3, 0.4) is 0 Å². The van der Waals surface area contributed by atoms with Gasteiger partial charge in [0.05, 0.1) is 0 Å². The Kier molecular flexibility index (Phi) is 6.85. The van der Waals surface area contributed by atoms with E-state index in [2.05, 4.69) is 0 Å². The van der Waals surface area contributed by atoms with Gasteiger partial charge in [-0.1, -0.05) is 0 Å². The minimum atomic E-state index is -5.56. The van der Waals surface area contributed by atoms with E-state index in [-0.39, 0.29) is 4.90 Å². The molecule has 0 aliphatic heterocycles. The van der Waals surface area contributed by atoms with E-state index in [0.717, 1.165) is 19.6 Å². The normalized spacial score (nSPS) is 13.0. The Hall–Kier alpha value is -3.17. The zero-order valence-electron chi connectivity index (χ0n) is 20.9. The van der Waals surface area contributed by atoms with Gasteiger partial charge in [-0.3, -0.25) is 0 Å². The van der Waals surface area contributed by atoms with Crippen LogP contribution in [0.4, 0.5) is 0 Å². The second-order valence-corrected chi connectivity index (χ2v) is 23.8. The fourth-order valence-electron chi connectivity index (χ4n) is 5.13. The summed E-state index contributed by atoms with van der Waals surface area (Å²) in [5, 5.41) is 0. The van der Waals surface area contributed by atoms with E-state index in [1.54, 1.807) is 6.07 Å². The second-order valence-electron chi connectivity index (χ2n) is 9.18. The van der Waals surface area contributed by atoms with Crippen LogP contribution in [0.25, 0.3) is 0 Å². The number of hydrogen-bond acceptors (Lipinski definition) is 3. The van der Waals surface area contributed by atoms with Gasteiger partial charge in [-0.2, -0.15) is 0 Å². The van der Waals surface area contributed by atoms with Crippen LogP contribution in [0.2, 0.25) is 0 Å². The third-order valence-corrected chi connectivity index (χ3v) is 27.2. The third kappa shape index (κ3) is 4.14. The molecule has 0 saturated carbocycles. The van der Waals surface area contributed by atoms with Crippen molar-refractivity contribution in [2.75, 3.05) is 0 Å². The van der Waals surface area contributed by atoms with Gasteiger partial charge >= 0.3 is 222 Å². The first kappa shape index (κ1) is 25.5. The fraction of sp³-hybridized carbons (Fsp3) is 0.0625. The first-order valence-corrected chi connectivity index (χ1v) is 19.7. The summed E-state index contributed by atoms with van der Waals surface area (Å²) in [4.78, 5) is 0.199. The number of hydrogen-bond donors (Lipinski definition) is 0. The summed E-state index contributed by atoms with van der Waals surface area (Å²) in [6, 6.07) is 45.1. The van der Waals surface area contributed by atoms with Crippen molar-refractivity contribution in [2.24, 2.45) is 0 Å². The Bertz CT molecular complexity index is 1450. The molecule has 0 spiro atoms. The van der Waals surface area contributed by atoms with Gasteiger partial charge in [0.2, 0.25) is 0 Å². The molecule has 3 nitrogen and oxygen atoms in total. The van der Waals surface area contributed by atoms with Crippen LogP contribution in [-0.4, -0.2) is 26.2 Å². The van der Waals surface area contributed by atoms with Gasteiger partial charge in [0, 0.05) is 0 Å². The fourth-order valence-corrected chi connectivity index (χ4v) is 27.3. The van der Waals surface area contributed by atoms with Crippen molar-refractivity contribution in [2.45, 2.75) is 18.7 Å². The third-order valence-electron chi connectivity index (χ3n) is 6.86. The van der Waals surface area contributed by atoms with Crippen LogP contribution in [-0.2, 0) is 12.6 Å². The van der Waals surface area contributed by atoms with Crippen LogP contribution in [0.1, 0.15) is 11.1 Å². The van der Waals surface area contributed by atoms with E-state index in [9.17, 15) is 8.42 Å². The molecule has 0 N–H and O–H groups in total. The molecule has 0 aliphatic carbocycles. The quantitative estimate of drug-likeness (QED) is 0.253. The van der Waals surface area contributed by atoms with Gasteiger partial charge in [-0.15, -0.1) is 0 Å². The molecule has 0 heterocycles. The van der Waals surface area contributed by atoms with Crippen LogP contribution < -0.4 is 14.0 Å². The van der Waals surface area contributed by atoms with E-state index in [0.29, 0.717) is 5.56 Å². The molecule has 0 radical (unpaired) electrons. The summed E-state index contributed by atoms with van der Waals surface area (Å²) >= 11 is -5.56. The predicted octanol–water partition coefficient (Wildman–Crippen LogP) is 4.54. The summed E-state index contributed by atoms with van der Waals surface area (Å²) in [7, 11) is -4.23. The zero-order valence-corrected chi connectivity index (χ0v) is 24.2. The number of aryl methyl sites for hydroxylation is 2. The van der Waals surface area contributed by atoms with Gasteiger partial charge in [0.15, 0.2) is 0 Å². The van der Waals surface area contributed by atoms with Crippen LogP contribution in [0.15, 0.2) is 144 Å². The average molecular weight is 615 g/mol. The summed E-state index contributed by atoms with van der Waals surface area (Å²) in [6.07, 6.45) is 0. The molecular weight excluding hydrogens is 586 g/mol. The van der Waals surface area contributed by atoms with Crippen molar-refractivity contribution in [1.29, 1.82) is 0 Å². The summed E-state index contributed by atoms with van der Waals surface area (Å²) in [5.41, 5.74) is 1.52. The molecular formula is C32H29O3SSb. The monoisotopic (exact) mass is 614 g/mol. The van der Waals surface area contributed by atoms with Crippen LogP contribution in [0.5, 0.6) is 0 Å². The van der Waals surface area contributed by atoms with E-state index in [1.165, 1.54) is 0 Å². The molecule has 37 heavy (non-hydrogen) atoms. The Labute approximate surface area is 221 Å². The van der Waals surface area contributed by atoms with Gasteiger partial charge in [0.25, 0.3) is 0 Å². The van der Waals surface area contributed by atoms with Crippen molar-refractivity contribution in [3.05, 3.63) is 151 Å². The Morgan fingerprint density at radius 1 is 0.514 bits per heavy atom. The Morgan fingerprint density at radius 3 is 1.22 bits per heavy atom. The molecule has 0 fully saturated rings. The molecule has 5 rings (SSSR count). The molecule has 186 valence electrons. The molecule has 5 aromatic carbocycles. The van der Waals surface area contributed by atoms with E-state index in [4.69, 9.17) is 2.46 Å². The molecule has 0 aliphatic rings. The van der Waals surface area contributed by atoms with Crippen molar-refractivity contribution in [3.63, 3.8) is 0 Å². The van der Waals surface area contributed by atoms with Crippen molar-refractivity contribution < 1.29 is 10.9 Å². The number of rotatable bonds is 7. The topological polar surface area (TPSA) is 43.4 Å². The van der Waals surface area contributed by atoms with Gasteiger partial charge in [-0.05, 0) is 0 Å². The molecule has 5 heteroatoms. The van der Waals surface area contributed by atoms with Gasteiger partial charge in [-0.25, -0.2) is 0 Å². The Morgan fingerprint density at radius 2 is 0.865 bits per heavy atom. The summed E-state index contributed by atoms with van der Waals surface area (Å²) in [5.74, 6) is 0. The van der Waals surface area contributed by atoms with E-state index in [1.807, 2.05) is 147 Å². The average Bonchev–Trinajstić information content (AvgIpc) is 2.95. The maximum atomic E-state index is 14.5. The van der Waals surface area contributed by atoms with E-state index < -0.39 is 27.9 Å². The predicted molar refractivity (Wildman–Crippen MR) is 154 cm³/mol. The molecule has 0 aromatic heterocycles. The standard InChI is InChI=1S/C8H10O3S.4C6H5.Sb/c1-6-3-4-7(2)8(5-6)12(9,10)11;4*1-2-4-6-5-3-1;/h3-5H,1-2H3,(H,9,10,11);4*1-5H;/q;;;;;+1/p-1. The zero-order chi connectivity index (χ0) is 26.0. The minimum absolute atomic E-state index is 0.199. The van der Waals surface area contributed by atoms with Gasteiger partial charge < -0.3 is 0 Å². The second kappa shape index (κ2) is 9.94. The van der Waals surface area contributed by atoms with Crippen LogP contribution in [0, 0.1) is 13.8 Å². The van der Waals surface area contributed by atoms with E-state index >= 15 is 0 Å². The SMILES string of the molecule is Cc1ccc(C)c(S(=O)(=O)[O][Sb]([c]2ccccc2)([c]2ccccc2)([c]2ccccc2)[c]2ccccc2)c1. The van der Waals surface area contributed by atoms with Crippen molar-refractivity contribution >= 4 is 42.0 Å². The molecule has 5 aromatic rings. The van der Waals surface area contributed by atoms with Crippen molar-refractivity contribution in [1.82, 2.24) is 0 Å². The Balaban J connectivity index is 2.03.